The van der Waals surface area contributed by atoms with Gasteiger partial charge in [0.25, 0.3) is 0 Å². The zero-order valence-electron chi connectivity index (χ0n) is 11.9. The van der Waals surface area contributed by atoms with Gasteiger partial charge in [-0.25, -0.2) is 4.98 Å². The van der Waals surface area contributed by atoms with Crippen molar-refractivity contribution in [3.05, 3.63) is 41.9 Å². The summed E-state index contributed by atoms with van der Waals surface area (Å²) in [6.07, 6.45) is 1.39. The van der Waals surface area contributed by atoms with Gasteiger partial charge in [0, 0.05) is 11.4 Å². The third-order valence-electron chi connectivity index (χ3n) is 2.97. The fourth-order valence-electron chi connectivity index (χ4n) is 2.01. The van der Waals surface area contributed by atoms with Crippen molar-refractivity contribution >= 4 is 18.0 Å². The Hall–Kier alpha value is -1.75. The van der Waals surface area contributed by atoms with Gasteiger partial charge in [0.2, 0.25) is 0 Å². The summed E-state index contributed by atoms with van der Waals surface area (Å²) in [4.78, 5) is 5.78. The molecule has 0 unspecified atom stereocenters. The van der Waals surface area contributed by atoms with Gasteiger partial charge in [-0.15, -0.1) is 0 Å². The highest BCUT2D eigenvalue weighted by atomic mass is 32.2. The number of rotatable bonds is 5. The zero-order chi connectivity index (χ0) is 14.5. The number of oxime groups is 1. The number of benzene rings is 1. The molecule has 1 aromatic carbocycles. The topological polar surface area (TPSA) is 50.4 Å². The Morgan fingerprint density at radius 2 is 2.05 bits per heavy atom. The second kappa shape index (κ2) is 6.61. The van der Waals surface area contributed by atoms with Crippen LogP contribution in [0.4, 0.5) is 0 Å². The van der Waals surface area contributed by atoms with E-state index in [4.69, 9.17) is 5.21 Å². The normalized spacial score (nSPS) is 11.6. The van der Waals surface area contributed by atoms with Crippen molar-refractivity contribution in [3.8, 4) is 0 Å². The van der Waals surface area contributed by atoms with E-state index in [1.807, 2.05) is 18.2 Å². The molecule has 4 nitrogen and oxygen atoms in total. The van der Waals surface area contributed by atoms with Crippen molar-refractivity contribution in [1.29, 1.82) is 0 Å². The minimum Gasteiger partial charge on any atom is -0.411 e. The number of imidazole rings is 1. The van der Waals surface area contributed by atoms with Gasteiger partial charge in [-0.05, 0) is 25.0 Å². The number of hydrogen-bond donors (Lipinski definition) is 1. The minimum absolute atomic E-state index is 0.319. The van der Waals surface area contributed by atoms with Crippen molar-refractivity contribution in [2.24, 2.45) is 5.16 Å². The van der Waals surface area contributed by atoms with Crippen molar-refractivity contribution in [1.82, 2.24) is 9.55 Å². The molecule has 5 heteroatoms. The molecule has 20 heavy (non-hydrogen) atoms. The molecule has 0 atom stereocenters. The van der Waals surface area contributed by atoms with E-state index in [0.29, 0.717) is 11.7 Å². The van der Waals surface area contributed by atoms with Crippen LogP contribution in [-0.2, 0) is 6.54 Å². The quantitative estimate of drug-likeness (QED) is 0.514. The van der Waals surface area contributed by atoms with Crippen LogP contribution >= 0.6 is 11.8 Å². The summed E-state index contributed by atoms with van der Waals surface area (Å²) in [5.74, 6) is 1.01. The Morgan fingerprint density at radius 3 is 2.60 bits per heavy atom. The van der Waals surface area contributed by atoms with Crippen LogP contribution in [0.1, 0.15) is 38.2 Å². The summed E-state index contributed by atoms with van der Waals surface area (Å²) in [6, 6.07) is 10.2. The van der Waals surface area contributed by atoms with Crippen molar-refractivity contribution in [3.63, 3.8) is 0 Å². The Morgan fingerprint density at radius 1 is 1.35 bits per heavy atom. The molecule has 0 aliphatic rings. The first kappa shape index (κ1) is 14.7. The molecule has 0 spiro atoms. The van der Waals surface area contributed by atoms with Crippen LogP contribution in [-0.4, -0.2) is 21.0 Å². The van der Waals surface area contributed by atoms with Crippen LogP contribution in [0.15, 0.2) is 45.4 Å². The van der Waals surface area contributed by atoms with Crippen molar-refractivity contribution in [2.75, 3.05) is 0 Å². The first-order valence-corrected chi connectivity index (χ1v) is 7.49. The van der Waals surface area contributed by atoms with E-state index in [1.54, 1.807) is 11.8 Å². The lowest BCUT2D eigenvalue weighted by molar-refractivity contribution is 0.321. The molecule has 0 fully saturated rings. The average Bonchev–Trinajstić information content (AvgIpc) is 2.78. The molecule has 106 valence electrons. The van der Waals surface area contributed by atoms with E-state index < -0.39 is 0 Å². The summed E-state index contributed by atoms with van der Waals surface area (Å²) in [7, 11) is 0. The van der Waals surface area contributed by atoms with Gasteiger partial charge in [-0.3, -0.25) is 0 Å². The van der Waals surface area contributed by atoms with Gasteiger partial charge in [-0.1, -0.05) is 49.0 Å². The van der Waals surface area contributed by atoms with Gasteiger partial charge in [-0.2, -0.15) is 0 Å². The van der Waals surface area contributed by atoms with Crippen LogP contribution in [0.3, 0.4) is 0 Å². The summed E-state index contributed by atoms with van der Waals surface area (Å²) >= 11 is 1.70. The largest absolute Gasteiger partial charge is 0.411 e. The highest BCUT2D eigenvalue weighted by Crippen LogP contribution is 2.34. The van der Waals surface area contributed by atoms with Gasteiger partial charge >= 0.3 is 0 Å². The lowest BCUT2D eigenvalue weighted by Gasteiger charge is -2.10. The molecule has 1 heterocycles. The zero-order valence-corrected chi connectivity index (χ0v) is 12.8. The fourth-order valence-corrected chi connectivity index (χ4v) is 3.25. The second-order valence-electron chi connectivity index (χ2n) is 4.72. The SMILES string of the molecule is CCn1c(C=NO)nc(C(C)C)c1Sc1ccccc1. The van der Waals surface area contributed by atoms with E-state index in [2.05, 4.69) is 47.6 Å². The molecule has 0 aliphatic heterocycles. The first-order chi connectivity index (χ1) is 9.67. The standard InChI is InChI=1S/C15H19N3OS/c1-4-18-13(10-16-19)17-14(11(2)3)15(18)20-12-8-6-5-7-9-12/h5-11,19H,4H2,1-3H3. The molecule has 0 saturated heterocycles. The summed E-state index contributed by atoms with van der Waals surface area (Å²) < 4.78 is 2.08. The molecular weight excluding hydrogens is 270 g/mol. The monoisotopic (exact) mass is 289 g/mol. The molecule has 0 amide bonds. The Kier molecular flexibility index (Phi) is 4.84. The highest BCUT2D eigenvalue weighted by Gasteiger charge is 2.18. The van der Waals surface area contributed by atoms with E-state index in [9.17, 15) is 0 Å². The molecule has 1 N–H and O–H groups in total. The van der Waals surface area contributed by atoms with Gasteiger partial charge in [0.1, 0.15) is 11.2 Å². The second-order valence-corrected chi connectivity index (χ2v) is 5.78. The van der Waals surface area contributed by atoms with Crippen molar-refractivity contribution in [2.45, 2.75) is 43.2 Å². The summed E-state index contributed by atoms with van der Waals surface area (Å²) in [5, 5.41) is 13.0. The maximum absolute atomic E-state index is 8.78. The summed E-state index contributed by atoms with van der Waals surface area (Å²) in [6.45, 7) is 7.10. The Balaban J connectivity index is 2.48. The van der Waals surface area contributed by atoms with Crippen LogP contribution in [0.5, 0.6) is 0 Å². The average molecular weight is 289 g/mol. The maximum atomic E-state index is 8.78. The lowest BCUT2D eigenvalue weighted by atomic mass is 10.1. The lowest BCUT2D eigenvalue weighted by Crippen LogP contribution is -2.02. The Labute approximate surface area is 123 Å². The Bertz CT molecular complexity index is 591. The molecule has 1 aromatic heterocycles. The number of nitrogens with zero attached hydrogens (tertiary/aromatic N) is 3. The minimum atomic E-state index is 0.319. The highest BCUT2D eigenvalue weighted by molar-refractivity contribution is 7.99. The molecule has 2 aromatic rings. The third kappa shape index (κ3) is 3.04. The smallest absolute Gasteiger partial charge is 0.155 e. The summed E-state index contributed by atoms with van der Waals surface area (Å²) in [5.41, 5.74) is 1.04. The number of hydrogen-bond acceptors (Lipinski definition) is 4. The predicted molar refractivity (Wildman–Crippen MR) is 81.9 cm³/mol. The molecule has 0 aliphatic carbocycles. The third-order valence-corrected chi connectivity index (χ3v) is 4.10. The van der Waals surface area contributed by atoms with Crippen LogP contribution in [0, 0.1) is 0 Å². The van der Waals surface area contributed by atoms with Gasteiger partial charge in [0.05, 0.1) is 5.69 Å². The van der Waals surface area contributed by atoms with Crippen molar-refractivity contribution < 1.29 is 5.21 Å². The van der Waals surface area contributed by atoms with Crippen LogP contribution < -0.4 is 0 Å². The van der Waals surface area contributed by atoms with Gasteiger partial charge < -0.3 is 9.77 Å². The van der Waals surface area contributed by atoms with Gasteiger partial charge in [0.15, 0.2) is 5.82 Å². The van der Waals surface area contributed by atoms with E-state index in [0.717, 1.165) is 17.3 Å². The maximum Gasteiger partial charge on any atom is 0.155 e. The molecular formula is C15H19N3OS. The fraction of sp³-hybridized carbons (Fsp3) is 0.333. The first-order valence-electron chi connectivity index (χ1n) is 6.68. The van der Waals surface area contributed by atoms with E-state index >= 15 is 0 Å². The van der Waals surface area contributed by atoms with E-state index in [1.165, 1.54) is 11.1 Å². The number of aromatic nitrogens is 2. The predicted octanol–water partition coefficient (Wildman–Crippen LogP) is 3.99. The molecule has 0 saturated carbocycles. The van der Waals surface area contributed by atoms with Crippen LogP contribution in [0.2, 0.25) is 0 Å². The molecule has 0 bridgehead atoms. The molecule has 0 radical (unpaired) electrons. The van der Waals surface area contributed by atoms with E-state index in [-0.39, 0.29) is 0 Å². The molecule has 2 rings (SSSR count). The van der Waals surface area contributed by atoms with Crippen LogP contribution in [0.25, 0.3) is 0 Å².